The van der Waals surface area contributed by atoms with Crippen LogP contribution in [0.15, 0.2) is 42.6 Å². The van der Waals surface area contributed by atoms with Crippen LogP contribution in [0.1, 0.15) is 16.0 Å². The van der Waals surface area contributed by atoms with Gasteiger partial charge in [-0.05, 0) is 37.6 Å². The summed E-state index contributed by atoms with van der Waals surface area (Å²) in [5, 5.41) is 3.72. The summed E-state index contributed by atoms with van der Waals surface area (Å²) in [4.78, 5) is 5.18. The smallest absolute Gasteiger partial charge is 0.208 e. The number of halogens is 2. The molecule has 148 valence electrons. The lowest BCUT2D eigenvalue weighted by atomic mass is 10.1. The Balaban J connectivity index is 1.61. The highest BCUT2D eigenvalue weighted by Crippen LogP contribution is 2.30. The summed E-state index contributed by atoms with van der Waals surface area (Å²) in [6.07, 6.45) is 1.74. The molecule has 1 aromatic heterocycles. The molecule has 0 amide bonds. The van der Waals surface area contributed by atoms with E-state index >= 15 is 0 Å². The van der Waals surface area contributed by atoms with E-state index in [-0.39, 0.29) is 12.4 Å². The van der Waals surface area contributed by atoms with Crippen molar-refractivity contribution >= 4 is 40.1 Å². The van der Waals surface area contributed by atoms with Gasteiger partial charge < -0.3 is 5.32 Å². The zero-order chi connectivity index (χ0) is 20.1. The van der Waals surface area contributed by atoms with E-state index in [0.717, 1.165) is 22.7 Å². The first-order valence-corrected chi connectivity index (χ1v) is 9.99. The second-order valence-corrected chi connectivity index (χ2v) is 8.20. The lowest BCUT2D eigenvalue weighted by Crippen LogP contribution is -2.12. The highest BCUT2D eigenvalue weighted by atomic mass is 32.2. The molecule has 0 radical (unpaired) electrons. The summed E-state index contributed by atoms with van der Waals surface area (Å²) >= 11 is 2.41. The molecule has 9 heteroatoms. The minimum atomic E-state index is -0.412. The number of thiazole rings is 1. The highest BCUT2D eigenvalue weighted by Gasteiger charge is 2.13. The van der Waals surface area contributed by atoms with Gasteiger partial charge in [0, 0.05) is 35.9 Å². The van der Waals surface area contributed by atoms with Gasteiger partial charge in [-0.1, -0.05) is 18.2 Å². The molecule has 0 aliphatic heterocycles. The lowest BCUT2D eigenvalue weighted by molar-refractivity contribution is 0.475. The molecule has 0 saturated carbocycles. The zero-order valence-corrected chi connectivity index (χ0v) is 17.3. The first kappa shape index (κ1) is 20.4. The molecule has 0 saturated heterocycles. The Hall–Kier alpha value is -2.36. The van der Waals surface area contributed by atoms with Gasteiger partial charge in [0.2, 0.25) is 5.13 Å². The molecular formula is C19H20F2N4OS2. The summed E-state index contributed by atoms with van der Waals surface area (Å²) in [6, 6.07) is 9.62. The van der Waals surface area contributed by atoms with Crippen molar-refractivity contribution in [3.8, 4) is 0 Å². The van der Waals surface area contributed by atoms with Crippen LogP contribution in [-0.2, 0) is 10.8 Å². The van der Waals surface area contributed by atoms with Crippen molar-refractivity contribution in [3.05, 3.63) is 70.2 Å². The van der Waals surface area contributed by atoms with Crippen molar-refractivity contribution < 1.29 is 13.1 Å². The van der Waals surface area contributed by atoms with Crippen LogP contribution in [0, 0.1) is 25.5 Å². The van der Waals surface area contributed by atoms with E-state index in [2.05, 4.69) is 15.8 Å². The number of hydrogen-bond donors (Lipinski definition) is 2. The first-order chi connectivity index (χ1) is 13.4. The molecule has 2 N–H and O–H groups in total. The Bertz CT molecular complexity index is 951. The van der Waals surface area contributed by atoms with Crippen LogP contribution in [0.2, 0.25) is 0 Å². The van der Waals surface area contributed by atoms with Gasteiger partial charge in [0.1, 0.15) is 23.9 Å². The van der Waals surface area contributed by atoms with Crippen molar-refractivity contribution in [2.24, 2.45) is 0 Å². The molecule has 0 aliphatic carbocycles. The predicted octanol–water partition coefficient (Wildman–Crippen LogP) is 5.69. The molecule has 0 spiro atoms. The average molecular weight is 423 g/mol. The van der Waals surface area contributed by atoms with Crippen LogP contribution < -0.4 is 15.1 Å². The zero-order valence-electron chi connectivity index (χ0n) is 15.6. The minimum absolute atomic E-state index is 0.275. The molecule has 3 aromatic rings. The Morgan fingerprint density at radius 1 is 1.18 bits per heavy atom. The summed E-state index contributed by atoms with van der Waals surface area (Å²) < 4.78 is 35.2. The monoisotopic (exact) mass is 422 g/mol. The van der Waals surface area contributed by atoms with Crippen LogP contribution in [0.4, 0.5) is 25.3 Å². The van der Waals surface area contributed by atoms with E-state index in [1.54, 1.807) is 41.8 Å². The van der Waals surface area contributed by atoms with E-state index in [1.807, 2.05) is 13.8 Å². The van der Waals surface area contributed by atoms with Crippen molar-refractivity contribution in [2.75, 3.05) is 22.1 Å². The molecule has 0 unspecified atom stereocenters. The predicted molar refractivity (Wildman–Crippen MR) is 112 cm³/mol. The number of hydrogen-bond acceptors (Lipinski definition) is 7. The summed E-state index contributed by atoms with van der Waals surface area (Å²) in [5.41, 5.74) is 5.06. The number of aromatic nitrogens is 1. The van der Waals surface area contributed by atoms with Crippen molar-refractivity contribution in [1.82, 2.24) is 4.98 Å². The Morgan fingerprint density at radius 2 is 1.96 bits per heavy atom. The maximum atomic E-state index is 14.6. The van der Waals surface area contributed by atoms with Crippen LogP contribution >= 0.6 is 23.6 Å². The molecule has 5 nitrogen and oxygen atoms in total. The molecule has 1 heterocycles. The van der Waals surface area contributed by atoms with Gasteiger partial charge in [0.05, 0.1) is 5.69 Å². The third kappa shape index (κ3) is 5.12. The lowest BCUT2D eigenvalue weighted by Gasteiger charge is -2.19. The second-order valence-electron chi connectivity index (χ2n) is 6.10. The van der Waals surface area contributed by atoms with E-state index < -0.39 is 5.82 Å². The Labute approximate surface area is 171 Å². The Morgan fingerprint density at radius 3 is 2.68 bits per heavy atom. The third-order valence-corrected chi connectivity index (χ3v) is 5.35. The molecule has 2 aromatic carbocycles. The first-order valence-electron chi connectivity index (χ1n) is 8.47. The quantitative estimate of drug-likeness (QED) is 0.276. The van der Waals surface area contributed by atoms with Gasteiger partial charge in [0.25, 0.3) is 0 Å². The van der Waals surface area contributed by atoms with Gasteiger partial charge in [-0.2, -0.15) is 4.28 Å². The van der Waals surface area contributed by atoms with Crippen LogP contribution in [0.5, 0.6) is 0 Å². The molecule has 0 bridgehead atoms. The number of rotatable bonds is 8. The fraction of sp³-hybridized carbons (Fsp3) is 0.211. The molecule has 0 fully saturated rings. The summed E-state index contributed by atoms with van der Waals surface area (Å²) in [6.45, 7) is 4.09. The van der Waals surface area contributed by atoms with Crippen LogP contribution in [-0.4, -0.2) is 12.0 Å². The third-order valence-electron chi connectivity index (χ3n) is 3.96. The fourth-order valence-corrected chi connectivity index (χ4v) is 3.58. The number of aryl methyl sites for hydroxylation is 2. The SMILES string of the molecule is Cc1cnc(NOSN(C)c2cc(C)c(NCc3ccccc3F)cc2F)s1. The van der Waals surface area contributed by atoms with Gasteiger partial charge in [-0.3, -0.25) is 4.31 Å². The largest absolute Gasteiger partial charge is 0.381 e. The van der Waals surface area contributed by atoms with Gasteiger partial charge in [-0.15, -0.1) is 11.3 Å². The maximum Gasteiger partial charge on any atom is 0.208 e. The van der Waals surface area contributed by atoms with E-state index in [1.165, 1.54) is 23.5 Å². The number of anilines is 3. The van der Waals surface area contributed by atoms with E-state index in [4.69, 9.17) is 4.28 Å². The maximum absolute atomic E-state index is 14.6. The van der Waals surface area contributed by atoms with Crippen molar-refractivity contribution in [1.29, 1.82) is 0 Å². The summed E-state index contributed by atoms with van der Waals surface area (Å²) in [7, 11) is 1.70. The molecule has 0 atom stereocenters. The topological polar surface area (TPSA) is 49.4 Å². The molecule has 28 heavy (non-hydrogen) atoms. The van der Waals surface area contributed by atoms with Crippen LogP contribution in [0.3, 0.4) is 0 Å². The fourth-order valence-electron chi connectivity index (χ4n) is 2.48. The average Bonchev–Trinajstić information content (AvgIpc) is 3.08. The van der Waals surface area contributed by atoms with E-state index in [0.29, 0.717) is 22.1 Å². The van der Waals surface area contributed by atoms with Gasteiger partial charge in [-0.25, -0.2) is 19.2 Å². The summed E-state index contributed by atoms with van der Waals surface area (Å²) in [5.74, 6) is -0.703. The van der Waals surface area contributed by atoms with Gasteiger partial charge >= 0.3 is 0 Å². The van der Waals surface area contributed by atoms with Gasteiger partial charge in [0.15, 0.2) is 0 Å². The molecular weight excluding hydrogens is 402 g/mol. The minimum Gasteiger partial charge on any atom is -0.381 e. The molecule has 3 rings (SSSR count). The van der Waals surface area contributed by atoms with E-state index in [9.17, 15) is 8.78 Å². The number of nitrogens with zero attached hydrogens (tertiary/aromatic N) is 2. The van der Waals surface area contributed by atoms with Crippen molar-refractivity contribution in [3.63, 3.8) is 0 Å². The second kappa shape index (κ2) is 9.22. The Kier molecular flexibility index (Phi) is 6.71. The molecule has 0 aliphatic rings. The van der Waals surface area contributed by atoms with Crippen LogP contribution in [0.25, 0.3) is 0 Å². The van der Waals surface area contributed by atoms with Crippen molar-refractivity contribution in [2.45, 2.75) is 20.4 Å². The highest BCUT2D eigenvalue weighted by molar-refractivity contribution is 7.96. The normalized spacial score (nSPS) is 10.8. The number of nitrogens with one attached hydrogen (secondary N) is 2. The standard InChI is InChI=1S/C19H20F2N4OS2/c1-12-8-18(25(3)28-26-24-19-23-10-13(2)27-19)16(21)9-17(12)22-11-14-6-4-5-7-15(14)20/h4-10,22H,11H2,1-3H3,(H,23,24). The number of benzene rings is 2.